The Kier molecular flexibility index (Phi) is 8.72. The number of carbonyl (C=O) groups is 2. The van der Waals surface area contributed by atoms with Crippen LogP contribution in [0.15, 0.2) is 24.3 Å². The number of hydrogen-bond acceptors (Lipinski definition) is 2. The molecule has 0 amide bonds. The highest BCUT2D eigenvalue weighted by Gasteiger charge is 2.28. The number of carboxylic acid groups (broad SMARTS) is 1. The minimum atomic E-state index is -0.708. The van der Waals surface area contributed by atoms with Crippen LogP contribution in [0.5, 0.6) is 0 Å². The van der Waals surface area contributed by atoms with Crippen molar-refractivity contribution in [3.63, 3.8) is 0 Å². The van der Waals surface area contributed by atoms with Crippen molar-refractivity contribution in [1.82, 2.24) is 0 Å². The van der Waals surface area contributed by atoms with Crippen molar-refractivity contribution in [2.75, 3.05) is 0 Å². The first-order chi connectivity index (χ1) is 10.1. The lowest BCUT2D eigenvalue weighted by Gasteiger charge is -2.16. The van der Waals surface area contributed by atoms with E-state index in [-0.39, 0.29) is 18.1 Å². The maximum absolute atomic E-state index is 11.9. The molecule has 3 nitrogen and oxygen atoms in total. The van der Waals surface area contributed by atoms with Crippen molar-refractivity contribution < 1.29 is 14.7 Å². The summed E-state index contributed by atoms with van der Waals surface area (Å²) >= 11 is 0. The smallest absolute Gasteiger partial charge is 0.303 e. The predicted molar refractivity (Wildman–Crippen MR) is 85.1 cm³/mol. The summed E-state index contributed by atoms with van der Waals surface area (Å²) in [6, 6.07) is 0. The lowest BCUT2D eigenvalue weighted by atomic mass is 9.87. The van der Waals surface area contributed by atoms with Crippen molar-refractivity contribution in [1.29, 1.82) is 0 Å². The van der Waals surface area contributed by atoms with Gasteiger partial charge < -0.3 is 5.11 Å². The Labute approximate surface area is 128 Å². The quantitative estimate of drug-likeness (QED) is 0.449. The van der Waals surface area contributed by atoms with Gasteiger partial charge in [0, 0.05) is 12.3 Å². The summed E-state index contributed by atoms with van der Waals surface area (Å²) in [6.07, 6.45) is 16.4. The van der Waals surface area contributed by atoms with Gasteiger partial charge >= 0.3 is 5.97 Å². The molecule has 0 spiro atoms. The van der Waals surface area contributed by atoms with E-state index in [2.05, 4.69) is 25.2 Å². The Hall–Kier alpha value is -1.38. The van der Waals surface area contributed by atoms with Gasteiger partial charge in [0.05, 0.1) is 0 Å². The lowest BCUT2D eigenvalue weighted by Crippen LogP contribution is -2.15. The zero-order chi connectivity index (χ0) is 15.5. The van der Waals surface area contributed by atoms with Gasteiger partial charge in [-0.05, 0) is 37.7 Å². The molecule has 0 bridgehead atoms. The standard InChI is InChI=1S/C18H28O3/c1-2-3-7-10-15-13-14-17(19)16(15)11-8-5-4-6-9-12-18(20)21/h3,7,13-16H,2,4-6,8-12H2,1H3,(H,20,21)/b7-3+. The van der Waals surface area contributed by atoms with Crippen LogP contribution in [-0.2, 0) is 9.59 Å². The number of carboxylic acids is 1. The first kappa shape index (κ1) is 17.7. The Morgan fingerprint density at radius 1 is 1.19 bits per heavy atom. The second-order valence-corrected chi connectivity index (χ2v) is 5.85. The van der Waals surface area contributed by atoms with Crippen molar-refractivity contribution >= 4 is 11.8 Å². The molecule has 0 aromatic rings. The van der Waals surface area contributed by atoms with E-state index in [9.17, 15) is 9.59 Å². The molecule has 2 unspecified atom stereocenters. The highest BCUT2D eigenvalue weighted by molar-refractivity contribution is 5.94. The fourth-order valence-electron chi connectivity index (χ4n) is 2.88. The van der Waals surface area contributed by atoms with E-state index in [1.165, 1.54) is 0 Å². The van der Waals surface area contributed by atoms with Crippen molar-refractivity contribution in [2.24, 2.45) is 11.8 Å². The summed E-state index contributed by atoms with van der Waals surface area (Å²) in [4.78, 5) is 22.3. The molecule has 118 valence electrons. The van der Waals surface area contributed by atoms with Gasteiger partial charge in [-0.1, -0.05) is 50.8 Å². The van der Waals surface area contributed by atoms with Gasteiger partial charge in [-0.15, -0.1) is 0 Å². The Bertz CT molecular complexity index is 382. The van der Waals surface area contributed by atoms with Crippen LogP contribution in [-0.4, -0.2) is 16.9 Å². The molecular formula is C18H28O3. The monoisotopic (exact) mass is 292 g/mol. The van der Waals surface area contributed by atoms with E-state index in [1.54, 1.807) is 6.08 Å². The van der Waals surface area contributed by atoms with Crippen molar-refractivity contribution in [3.05, 3.63) is 24.3 Å². The number of ketones is 1. The number of carbonyl (C=O) groups excluding carboxylic acids is 1. The van der Waals surface area contributed by atoms with E-state index in [4.69, 9.17) is 5.11 Å². The Morgan fingerprint density at radius 2 is 1.90 bits per heavy atom. The molecule has 0 fully saturated rings. The average Bonchev–Trinajstić information content (AvgIpc) is 2.79. The van der Waals surface area contributed by atoms with Crippen LogP contribution in [0, 0.1) is 11.8 Å². The number of hydrogen-bond donors (Lipinski definition) is 1. The normalized spacial score (nSPS) is 21.5. The minimum absolute atomic E-state index is 0.172. The lowest BCUT2D eigenvalue weighted by molar-refractivity contribution is -0.137. The van der Waals surface area contributed by atoms with Gasteiger partial charge in [0.1, 0.15) is 0 Å². The van der Waals surface area contributed by atoms with Gasteiger partial charge in [0.15, 0.2) is 5.78 Å². The molecule has 1 aliphatic rings. The predicted octanol–water partition coefficient (Wildman–Crippen LogP) is 4.53. The molecule has 0 radical (unpaired) electrons. The van der Waals surface area contributed by atoms with Crippen molar-refractivity contribution in [3.8, 4) is 0 Å². The molecule has 0 aromatic heterocycles. The summed E-state index contributed by atoms with van der Waals surface area (Å²) in [5.74, 6) is 0.134. The maximum atomic E-state index is 11.9. The van der Waals surface area contributed by atoms with Gasteiger partial charge in [-0.25, -0.2) is 0 Å². The first-order valence-electron chi connectivity index (χ1n) is 8.24. The molecule has 1 aliphatic carbocycles. The molecule has 21 heavy (non-hydrogen) atoms. The fourth-order valence-corrected chi connectivity index (χ4v) is 2.88. The Balaban J connectivity index is 2.15. The molecule has 0 aromatic carbocycles. The third-order valence-corrected chi connectivity index (χ3v) is 4.11. The third kappa shape index (κ3) is 7.26. The summed E-state index contributed by atoms with van der Waals surface area (Å²) in [5, 5.41) is 8.56. The summed E-state index contributed by atoms with van der Waals surface area (Å²) in [7, 11) is 0. The molecule has 1 N–H and O–H groups in total. The van der Waals surface area contributed by atoms with Gasteiger partial charge in [0.2, 0.25) is 0 Å². The average molecular weight is 292 g/mol. The number of rotatable bonds is 11. The van der Waals surface area contributed by atoms with Crippen LogP contribution >= 0.6 is 0 Å². The summed E-state index contributed by atoms with van der Waals surface area (Å²) in [5.41, 5.74) is 0. The Morgan fingerprint density at radius 3 is 2.62 bits per heavy atom. The highest BCUT2D eigenvalue weighted by atomic mass is 16.4. The van der Waals surface area contributed by atoms with Gasteiger partial charge in [-0.3, -0.25) is 9.59 Å². The zero-order valence-corrected chi connectivity index (χ0v) is 13.1. The zero-order valence-electron chi connectivity index (χ0n) is 13.1. The largest absolute Gasteiger partial charge is 0.481 e. The number of unbranched alkanes of at least 4 members (excludes halogenated alkanes) is 4. The van der Waals surface area contributed by atoms with Crippen LogP contribution in [0.3, 0.4) is 0 Å². The third-order valence-electron chi connectivity index (χ3n) is 4.11. The molecule has 0 saturated heterocycles. The molecule has 0 aliphatic heterocycles. The topological polar surface area (TPSA) is 54.4 Å². The molecule has 0 saturated carbocycles. The van der Waals surface area contributed by atoms with E-state index in [0.717, 1.165) is 51.4 Å². The first-order valence-corrected chi connectivity index (χ1v) is 8.24. The SMILES string of the molecule is CC/C=C/CC1C=CC(=O)C1CCCCCCCC(=O)O. The number of allylic oxidation sites excluding steroid dienone is 4. The van der Waals surface area contributed by atoms with Crippen LogP contribution in [0.4, 0.5) is 0 Å². The van der Waals surface area contributed by atoms with Crippen LogP contribution in [0.1, 0.15) is 64.7 Å². The molecule has 3 heteroatoms. The minimum Gasteiger partial charge on any atom is -0.481 e. The highest BCUT2D eigenvalue weighted by Crippen LogP contribution is 2.30. The molecule has 2 atom stereocenters. The fraction of sp³-hybridized carbons (Fsp3) is 0.667. The second kappa shape index (κ2) is 10.4. The van der Waals surface area contributed by atoms with Crippen LogP contribution in [0.2, 0.25) is 0 Å². The molecule has 0 heterocycles. The maximum Gasteiger partial charge on any atom is 0.303 e. The summed E-state index contributed by atoms with van der Waals surface area (Å²) < 4.78 is 0. The van der Waals surface area contributed by atoms with Crippen LogP contribution < -0.4 is 0 Å². The van der Waals surface area contributed by atoms with E-state index in [1.807, 2.05) is 0 Å². The van der Waals surface area contributed by atoms with Gasteiger partial charge in [-0.2, -0.15) is 0 Å². The number of aliphatic carboxylic acids is 1. The van der Waals surface area contributed by atoms with Crippen LogP contribution in [0.25, 0.3) is 0 Å². The second-order valence-electron chi connectivity index (χ2n) is 5.85. The van der Waals surface area contributed by atoms with E-state index >= 15 is 0 Å². The van der Waals surface area contributed by atoms with E-state index in [0.29, 0.717) is 5.92 Å². The van der Waals surface area contributed by atoms with Gasteiger partial charge in [0.25, 0.3) is 0 Å². The summed E-state index contributed by atoms with van der Waals surface area (Å²) in [6.45, 7) is 2.12. The van der Waals surface area contributed by atoms with E-state index < -0.39 is 5.97 Å². The molecule has 1 rings (SSSR count). The molecular weight excluding hydrogens is 264 g/mol. The van der Waals surface area contributed by atoms with Crippen molar-refractivity contribution in [2.45, 2.75) is 64.7 Å².